The van der Waals surface area contributed by atoms with Gasteiger partial charge in [-0.15, -0.1) is 0 Å². The Morgan fingerprint density at radius 1 is 1.14 bits per heavy atom. The van der Waals surface area contributed by atoms with Gasteiger partial charge in [-0.2, -0.15) is 0 Å². The van der Waals surface area contributed by atoms with Crippen LogP contribution in [0.25, 0.3) is 0 Å². The van der Waals surface area contributed by atoms with Crippen LogP contribution in [0.2, 0.25) is 0 Å². The van der Waals surface area contributed by atoms with Crippen molar-refractivity contribution in [2.24, 2.45) is 23.2 Å². The standard InChI is InChI=1S/C13H24O/c1-9-6-7-11(10(2)8-9)12(14)13(3,4)5/h9-11H,6-8H2,1-5H3. The molecule has 0 heterocycles. The summed E-state index contributed by atoms with van der Waals surface area (Å²) in [5, 5.41) is 0. The van der Waals surface area contributed by atoms with Crippen LogP contribution in [-0.2, 0) is 4.79 Å². The van der Waals surface area contributed by atoms with Crippen molar-refractivity contribution in [3.05, 3.63) is 0 Å². The van der Waals surface area contributed by atoms with Gasteiger partial charge in [0, 0.05) is 11.3 Å². The van der Waals surface area contributed by atoms with E-state index in [2.05, 4.69) is 13.8 Å². The largest absolute Gasteiger partial charge is 0.299 e. The van der Waals surface area contributed by atoms with Crippen LogP contribution in [0, 0.1) is 23.2 Å². The van der Waals surface area contributed by atoms with Crippen LogP contribution in [0.15, 0.2) is 0 Å². The Morgan fingerprint density at radius 3 is 2.14 bits per heavy atom. The molecule has 0 saturated heterocycles. The molecular formula is C13H24O. The van der Waals surface area contributed by atoms with Gasteiger partial charge in [-0.3, -0.25) is 4.79 Å². The molecule has 1 nitrogen and oxygen atoms in total. The third-order valence-corrected chi connectivity index (χ3v) is 3.51. The second-order valence-electron chi connectivity index (χ2n) is 6.12. The second-order valence-corrected chi connectivity index (χ2v) is 6.12. The summed E-state index contributed by atoms with van der Waals surface area (Å²) in [4.78, 5) is 12.1. The van der Waals surface area contributed by atoms with E-state index < -0.39 is 0 Å². The van der Waals surface area contributed by atoms with Crippen molar-refractivity contribution in [2.45, 2.75) is 53.9 Å². The number of carbonyl (C=O) groups is 1. The summed E-state index contributed by atoms with van der Waals surface area (Å²) in [6.45, 7) is 10.7. The van der Waals surface area contributed by atoms with Crippen molar-refractivity contribution in [2.75, 3.05) is 0 Å². The number of hydrogen-bond acceptors (Lipinski definition) is 1. The van der Waals surface area contributed by atoms with E-state index in [1.165, 1.54) is 12.8 Å². The minimum atomic E-state index is -0.153. The molecule has 0 amide bonds. The van der Waals surface area contributed by atoms with E-state index in [9.17, 15) is 4.79 Å². The summed E-state index contributed by atoms with van der Waals surface area (Å²) in [6, 6.07) is 0. The molecule has 1 fully saturated rings. The first-order valence-electron chi connectivity index (χ1n) is 5.86. The summed E-state index contributed by atoms with van der Waals surface area (Å²) < 4.78 is 0. The molecule has 82 valence electrons. The lowest BCUT2D eigenvalue weighted by Gasteiger charge is -2.35. The van der Waals surface area contributed by atoms with Gasteiger partial charge in [0.05, 0.1) is 0 Å². The van der Waals surface area contributed by atoms with Crippen molar-refractivity contribution >= 4 is 5.78 Å². The van der Waals surface area contributed by atoms with Crippen molar-refractivity contribution in [1.29, 1.82) is 0 Å². The number of ketones is 1. The molecule has 1 aliphatic rings. The quantitative estimate of drug-likeness (QED) is 0.625. The van der Waals surface area contributed by atoms with Gasteiger partial charge in [0.1, 0.15) is 5.78 Å². The molecule has 0 spiro atoms. The average Bonchev–Trinajstić information content (AvgIpc) is 2.01. The zero-order valence-electron chi connectivity index (χ0n) is 10.3. The molecule has 3 unspecified atom stereocenters. The summed E-state index contributed by atoms with van der Waals surface area (Å²) in [5.41, 5.74) is -0.153. The second kappa shape index (κ2) is 4.04. The van der Waals surface area contributed by atoms with E-state index in [1.54, 1.807) is 0 Å². The summed E-state index contributed by atoms with van der Waals surface area (Å²) >= 11 is 0. The molecule has 0 aromatic heterocycles. The highest BCUT2D eigenvalue weighted by Gasteiger charge is 2.35. The highest BCUT2D eigenvalue weighted by molar-refractivity contribution is 5.86. The van der Waals surface area contributed by atoms with Crippen molar-refractivity contribution in [3.63, 3.8) is 0 Å². The molecule has 1 heteroatoms. The summed E-state index contributed by atoms with van der Waals surface area (Å²) in [5.74, 6) is 2.20. The van der Waals surface area contributed by atoms with Crippen LogP contribution < -0.4 is 0 Å². The smallest absolute Gasteiger partial charge is 0.141 e. The molecule has 0 N–H and O–H groups in total. The maximum absolute atomic E-state index is 12.1. The van der Waals surface area contributed by atoms with Crippen LogP contribution in [0.5, 0.6) is 0 Å². The van der Waals surface area contributed by atoms with E-state index >= 15 is 0 Å². The molecule has 1 rings (SSSR count). The maximum atomic E-state index is 12.1. The summed E-state index contributed by atoms with van der Waals surface area (Å²) in [6.07, 6.45) is 3.57. The molecule has 0 radical (unpaired) electrons. The van der Waals surface area contributed by atoms with E-state index in [1.807, 2.05) is 20.8 Å². The van der Waals surface area contributed by atoms with E-state index in [0.717, 1.165) is 12.3 Å². The third kappa shape index (κ3) is 2.59. The molecule has 0 aromatic carbocycles. The summed E-state index contributed by atoms with van der Waals surface area (Å²) in [7, 11) is 0. The number of Topliss-reactive ketones (excluding diaryl/α,β-unsaturated/α-hetero) is 1. The molecule has 14 heavy (non-hydrogen) atoms. The van der Waals surface area contributed by atoms with E-state index in [0.29, 0.717) is 17.6 Å². The van der Waals surface area contributed by atoms with Gasteiger partial charge in [-0.05, 0) is 24.7 Å². The predicted molar refractivity (Wildman–Crippen MR) is 60.1 cm³/mol. The number of carbonyl (C=O) groups excluding carboxylic acids is 1. The lowest BCUT2D eigenvalue weighted by molar-refractivity contribution is -0.133. The fourth-order valence-corrected chi connectivity index (χ4v) is 2.61. The van der Waals surface area contributed by atoms with Crippen molar-refractivity contribution < 1.29 is 4.79 Å². The first kappa shape index (κ1) is 11.7. The van der Waals surface area contributed by atoms with Gasteiger partial charge < -0.3 is 0 Å². The lowest BCUT2D eigenvalue weighted by Crippen LogP contribution is -2.35. The molecule has 1 saturated carbocycles. The third-order valence-electron chi connectivity index (χ3n) is 3.51. The van der Waals surface area contributed by atoms with Gasteiger partial charge in [-0.1, -0.05) is 41.0 Å². The zero-order valence-corrected chi connectivity index (χ0v) is 10.3. The number of rotatable bonds is 1. The van der Waals surface area contributed by atoms with Crippen LogP contribution >= 0.6 is 0 Å². The van der Waals surface area contributed by atoms with Gasteiger partial charge in [0.2, 0.25) is 0 Å². The van der Waals surface area contributed by atoms with Gasteiger partial charge in [-0.25, -0.2) is 0 Å². The van der Waals surface area contributed by atoms with E-state index in [-0.39, 0.29) is 5.41 Å². The van der Waals surface area contributed by atoms with Crippen LogP contribution in [0.3, 0.4) is 0 Å². The Labute approximate surface area is 88.3 Å². The Bertz CT molecular complexity index is 212. The Hall–Kier alpha value is -0.330. The van der Waals surface area contributed by atoms with Gasteiger partial charge in [0.15, 0.2) is 0 Å². The fourth-order valence-electron chi connectivity index (χ4n) is 2.61. The monoisotopic (exact) mass is 196 g/mol. The Kier molecular flexibility index (Phi) is 3.39. The molecular weight excluding hydrogens is 172 g/mol. The fraction of sp³-hybridized carbons (Fsp3) is 0.923. The zero-order chi connectivity index (χ0) is 10.9. The minimum Gasteiger partial charge on any atom is -0.299 e. The number of hydrogen-bond donors (Lipinski definition) is 0. The minimum absolute atomic E-state index is 0.153. The normalized spacial score (nSPS) is 34.2. The van der Waals surface area contributed by atoms with Crippen LogP contribution in [-0.4, -0.2) is 5.78 Å². The predicted octanol–water partition coefficient (Wildman–Crippen LogP) is 3.67. The lowest BCUT2D eigenvalue weighted by atomic mass is 9.69. The van der Waals surface area contributed by atoms with Gasteiger partial charge in [0.25, 0.3) is 0 Å². The highest BCUT2D eigenvalue weighted by Crippen LogP contribution is 2.37. The van der Waals surface area contributed by atoms with E-state index in [4.69, 9.17) is 0 Å². The van der Waals surface area contributed by atoms with Crippen molar-refractivity contribution in [1.82, 2.24) is 0 Å². The first-order valence-corrected chi connectivity index (χ1v) is 5.86. The van der Waals surface area contributed by atoms with Crippen molar-refractivity contribution in [3.8, 4) is 0 Å². The van der Waals surface area contributed by atoms with Crippen LogP contribution in [0.4, 0.5) is 0 Å². The Morgan fingerprint density at radius 2 is 1.71 bits per heavy atom. The molecule has 0 bridgehead atoms. The average molecular weight is 196 g/mol. The Balaban J connectivity index is 2.65. The first-order chi connectivity index (χ1) is 6.32. The highest BCUT2D eigenvalue weighted by atomic mass is 16.1. The topological polar surface area (TPSA) is 17.1 Å². The van der Waals surface area contributed by atoms with Crippen LogP contribution in [0.1, 0.15) is 53.9 Å². The molecule has 0 aliphatic heterocycles. The molecule has 3 atom stereocenters. The maximum Gasteiger partial charge on any atom is 0.141 e. The van der Waals surface area contributed by atoms with Gasteiger partial charge >= 0.3 is 0 Å². The molecule has 1 aliphatic carbocycles. The molecule has 0 aromatic rings. The SMILES string of the molecule is CC1CCC(C(=O)C(C)(C)C)C(C)C1.